The lowest BCUT2D eigenvalue weighted by atomic mass is 10.1. The van der Waals surface area contributed by atoms with Crippen LogP contribution >= 0.6 is 0 Å². The normalized spacial score (nSPS) is 12.4. The molecule has 0 aliphatic heterocycles. The van der Waals surface area contributed by atoms with Gasteiger partial charge in [-0.3, -0.25) is 4.99 Å². The Morgan fingerprint density at radius 1 is 1.12 bits per heavy atom. The molecular weight excluding hydrogens is 334 g/mol. The minimum absolute atomic E-state index is 0.362. The van der Waals surface area contributed by atoms with E-state index in [1.807, 2.05) is 12.1 Å². The molecule has 0 bridgehead atoms. The first-order valence-corrected chi connectivity index (χ1v) is 11.0. The fourth-order valence-electron chi connectivity index (χ4n) is 2.43. The molecule has 0 aliphatic carbocycles. The highest BCUT2D eigenvalue weighted by Crippen LogP contribution is 2.10. The van der Waals surface area contributed by atoms with Gasteiger partial charge in [0.2, 0.25) is 0 Å². The van der Waals surface area contributed by atoms with Crippen molar-refractivity contribution in [2.75, 3.05) is 25.9 Å². The summed E-state index contributed by atoms with van der Waals surface area (Å²) in [6, 6.07) is 7.07. The monoisotopic (exact) mass is 367 g/mol. The lowest BCUT2D eigenvalue weighted by Crippen LogP contribution is -2.38. The molecule has 0 fully saturated rings. The summed E-state index contributed by atoms with van der Waals surface area (Å²) in [6.07, 6.45) is 5.63. The average molecular weight is 368 g/mol. The predicted octanol–water partition coefficient (Wildman–Crippen LogP) is 3.01. The molecule has 5 nitrogen and oxygen atoms in total. The number of nitrogens with zero attached hydrogens (tertiary/aromatic N) is 1. The van der Waals surface area contributed by atoms with E-state index >= 15 is 0 Å². The minimum atomic E-state index is -3.13. The van der Waals surface area contributed by atoms with Gasteiger partial charge in [0.1, 0.15) is 0 Å². The molecule has 0 saturated heterocycles. The highest BCUT2D eigenvalue weighted by atomic mass is 32.2. The lowest BCUT2D eigenvalue weighted by molar-refractivity contribution is 0.541. The van der Waals surface area contributed by atoms with Crippen LogP contribution in [0.25, 0.3) is 0 Å². The number of hydrogen-bond acceptors (Lipinski definition) is 3. The standard InChI is InChI=1S/C19H33N3O2S/c1-5-20-19(21-14-7-6-8-16(2)3)22-15-13-17-9-11-18(12-10-17)25(4,23)24/h9-12,16H,5-8,13-15H2,1-4H3,(H2,20,21,22). The van der Waals surface area contributed by atoms with Crippen LogP contribution in [0.15, 0.2) is 34.2 Å². The van der Waals surface area contributed by atoms with E-state index < -0.39 is 9.84 Å². The van der Waals surface area contributed by atoms with E-state index in [2.05, 4.69) is 36.4 Å². The van der Waals surface area contributed by atoms with E-state index in [4.69, 9.17) is 0 Å². The Labute approximate surface area is 153 Å². The molecule has 0 atom stereocenters. The number of nitrogens with one attached hydrogen (secondary N) is 2. The Morgan fingerprint density at radius 2 is 1.80 bits per heavy atom. The molecule has 0 radical (unpaired) electrons. The van der Waals surface area contributed by atoms with Crippen LogP contribution in [0.3, 0.4) is 0 Å². The SMILES string of the molecule is CCNC(=NCCCCC(C)C)NCCc1ccc(S(C)(=O)=O)cc1. The first kappa shape index (κ1) is 21.5. The van der Waals surface area contributed by atoms with E-state index in [9.17, 15) is 8.42 Å². The smallest absolute Gasteiger partial charge is 0.191 e. The maximum atomic E-state index is 11.5. The maximum Gasteiger partial charge on any atom is 0.191 e. The van der Waals surface area contributed by atoms with Crippen molar-refractivity contribution in [1.29, 1.82) is 0 Å². The molecule has 1 aromatic carbocycles. The minimum Gasteiger partial charge on any atom is -0.357 e. The Bertz CT molecular complexity index is 623. The molecule has 0 amide bonds. The highest BCUT2D eigenvalue weighted by Gasteiger charge is 2.06. The third kappa shape index (κ3) is 9.48. The number of benzene rings is 1. The molecule has 6 heteroatoms. The van der Waals surface area contributed by atoms with Crippen molar-refractivity contribution in [3.63, 3.8) is 0 Å². The molecular formula is C19H33N3O2S. The van der Waals surface area contributed by atoms with Crippen molar-refractivity contribution in [3.8, 4) is 0 Å². The van der Waals surface area contributed by atoms with Crippen molar-refractivity contribution in [2.24, 2.45) is 10.9 Å². The van der Waals surface area contributed by atoms with Crippen LogP contribution in [0.5, 0.6) is 0 Å². The van der Waals surface area contributed by atoms with Crippen molar-refractivity contribution < 1.29 is 8.42 Å². The van der Waals surface area contributed by atoms with Crippen LogP contribution in [0.2, 0.25) is 0 Å². The molecule has 1 aromatic rings. The van der Waals surface area contributed by atoms with Gasteiger partial charge >= 0.3 is 0 Å². The number of sulfone groups is 1. The Kier molecular flexibility index (Phi) is 9.57. The summed E-state index contributed by atoms with van der Waals surface area (Å²) in [7, 11) is -3.13. The topological polar surface area (TPSA) is 70.6 Å². The van der Waals surface area contributed by atoms with Crippen molar-refractivity contribution in [1.82, 2.24) is 10.6 Å². The summed E-state index contributed by atoms with van der Waals surface area (Å²) in [4.78, 5) is 4.96. The van der Waals surface area contributed by atoms with Gasteiger partial charge in [0, 0.05) is 25.9 Å². The Morgan fingerprint density at radius 3 is 2.36 bits per heavy atom. The quantitative estimate of drug-likeness (QED) is 0.379. The van der Waals surface area contributed by atoms with E-state index in [1.54, 1.807) is 12.1 Å². The van der Waals surface area contributed by atoms with Gasteiger partial charge in [0.15, 0.2) is 15.8 Å². The average Bonchev–Trinajstić information content (AvgIpc) is 2.54. The molecule has 0 saturated carbocycles. The van der Waals surface area contributed by atoms with Crippen molar-refractivity contribution in [2.45, 2.75) is 51.3 Å². The van der Waals surface area contributed by atoms with Crippen molar-refractivity contribution >= 4 is 15.8 Å². The van der Waals surface area contributed by atoms with Crippen LogP contribution in [0.4, 0.5) is 0 Å². The summed E-state index contributed by atoms with van der Waals surface area (Å²) in [6.45, 7) is 8.98. The van der Waals surface area contributed by atoms with Gasteiger partial charge < -0.3 is 10.6 Å². The van der Waals surface area contributed by atoms with Gasteiger partial charge in [0.25, 0.3) is 0 Å². The first-order chi connectivity index (χ1) is 11.8. The van der Waals surface area contributed by atoms with Gasteiger partial charge in [-0.25, -0.2) is 8.42 Å². The summed E-state index contributed by atoms with van der Waals surface area (Å²) in [5, 5.41) is 6.59. The Balaban J connectivity index is 2.41. The number of unbranched alkanes of at least 4 members (excludes halogenated alkanes) is 1. The molecule has 1 rings (SSSR count). The second kappa shape index (κ2) is 11.1. The highest BCUT2D eigenvalue weighted by molar-refractivity contribution is 7.90. The van der Waals surface area contributed by atoms with E-state index in [-0.39, 0.29) is 0 Å². The molecule has 142 valence electrons. The van der Waals surface area contributed by atoms with Crippen LogP contribution in [-0.2, 0) is 16.3 Å². The third-order valence-corrected chi connectivity index (χ3v) is 4.99. The fourth-order valence-corrected chi connectivity index (χ4v) is 3.06. The third-order valence-electron chi connectivity index (χ3n) is 3.86. The Hall–Kier alpha value is -1.56. The summed E-state index contributed by atoms with van der Waals surface area (Å²) in [5.41, 5.74) is 1.10. The predicted molar refractivity (Wildman–Crippen MR) is 106 cm³/mol. The number of guanidine groups is 1. The molecule has 0 heterocycles. The maximum absolute atomic E-state index is 11.5. The van der Waals surface area contributed by atoms with Crippen LogP contribution in [0.1, 0.15) is 45.6 Å². The summed E-state index contributed by atoms with van der Waals surface area (Å²) in [5.74, 6) is 1.60. The second-order valence-corrected chi connectivity index (χ2v) is 8.76. The zero-order chi connectivity index (χ0) is 18.7. The lowest BCUT2D eigenvalue weighted by Gasteiger charge is -2.11. The number of aliphatic imine (C=N–C) groups is 1. The molecule has 0 unspecified atom stereocenters. The molecule has 0 aliphatic rings. The molecule has 0 aromatic heterocycles. The van der Waals surface area contributed by atoms with E-state index in [0.29, 0.717) is 4.90 Å². The zero-order valence-corrected chi connectivity index (χ0v) is 16.8. The van der Waals surface area contributed by atoms with E-state index in [0.717, 1.165) is 49.9 Å². The summed E-state index contributed by atoms with van der Waals surface area (Å²) >= 11 is 0. The molecule has 0 spiro atoms. The second-order valence-electron chi connectivity index (χ2n) is 6.74. The summed E-state index contributed by atoms with van der Waals surface area (Å²) < 4.78 is 22.9. The largest absolute Gasteiger partial charge is 0.357 e. The molecule has 25 heavy (non-hydrogen) atoms. The zero-order valence-electron chi connectivity index (χ0n) is 16.0. The van der Waals surface area contributed by atoms with Crippen LogP contribution in [0, 0.1) is 5.92 Å². The fraction of sp³-hybridized carbons (Fsp3) is 0.632. The van der Waals surface area contributed by atoms with E-state index in [1.165, 1.54) is 19.1 Å². The van der Waals surface area contributed by atoms with Gasteiger partial charge in [0.05, 0.1) is 4.90 Å². The first-order valence-electron chi connectivity index (χ1n) is 9.14. The van der Waals surface area contributed by atoms with Crippen LogP contribution < -0.4 is 10.6 Å². The van der Waals surface area contributed by atoms with Gasteiger partial charge in [-0.05, 0) is 43.4 Å². The van der Waals surface area contributed by atoms with Gasteiger partial charge in [-0.1, -0.05) is 38.8 Å². The van der Waals surface area contributed by atoms with Gasteiger partial charge in [-0.2, -0.15) is 0 Å². The van der Waals surface area contributed by atoms with Gasteiger partial charge in [-0.15, -0.1) is 0 Å². The molecule has 2 N–H and O–H groups in total. The van der Waals surface area contributed by atoms with Crippen LogP contribution in [-0.4, -0.2) is 40.3 Å². The number of rotatable bonds is 10. The number of hydrogen-bond donors (Lipinski definition) is 2. The van der Waals surface area contributed by atoms with Crippen molar-refractivity contribution in [3.05, 3.63) is 29.8 Å².